The number of nitrogens with two attached hydrogens (primary N) is 1. The largest absolute Gasteiger partial charge is 0.489 e. The summed E-state index contributed by atoms with van der Waals surface area (Å²) in [5.74, 6) is 0.552. The lowest BCUT2D eigenvalue weighted by Gasteiger charge is -2.18. The average molecular weight is 416 g/mol. The van der Waals surface area contributed by atoms with Crippen LogP contribution < -0.4 is 15.5 Å². The Kier molecular flexibility index (Phi) is 6.36. The number of ether oxygens (including phenoxy) is 1. The minimum Gasteiger partial charge on any atom is -0.489 e. The molecule has 0 saturated heterocycles. The fourth-order valence-corrected chi connectivity index (χ4v) is 3.58. The molecule has 8 heteroatoms. The minimum absolute atomic E-state index is 0.0504. The Morgan fingerprint density at radius 1 is 1.03 bits per heavy atom. The summed E-state index contributed by atoms with van der Waals surface area (Å²) >= 11 is 0. The van der Waals surface area contributed by atoms with Gasteiger partial charge < -0.3 is 9.15 Å². The van der Waals surface area contributed by atoms with Crippen LogP contribution in [0, 0.1) is 0 Å². The smallest absolute Gasteiger partial charge is 0.336 e. The van der Waals surface area contributed by atoms with Gasteiger partial charge in [-0.05, 0) is 48.5 Å². The van der Waals surface area contributed by atoms with E-state index < -0.39 is 15.6 Å². The molecule has 2 aromatic carbocycles. The lowest BCUT2D eigenvalue weighted by atomic mass is 10.1. The normalized spacial score (nSPS) is 11.9. The lowest BCUT2D eigenvalue weighted by Crippen LogP contribution is -2.22. The second kappa shape index (κ2) is 8.77. The maximum absolute atomic E-state index is 12.0. The van der Waals surface area contributed by atoms with Gasteiger partial charge in [0.15, 0.2) is 0 Å². The van der Waals surface area contributed by atoms with Gasteiger partial charge in [0.25, 0.3) is 0 Å². The van der Waals surface area contributed by atoms with Crippen LogP contribution in [0.4, 0.5) is 0 Å². The fraction of sp³-hybridized carbons (Fsp3) is 0.286. The number of primary sulfonamides is 1. The van der Waals surface area contributed by atoms with Crippen LogP contribution in [0.3, 0.4) is 0 Å². The SMILES string of the molecule is CCN(CC)Cc1cc(=O)oc2cc(OCc3ccc(S(N)(=O)=O)cc3)ccc12. The van der Waals surface area contributed by atoms with Gasteiger partial charge in [0.05, 0.1) is 4.90 Å². The van der Waals surface area contributed by atoms with Crippen molar-refractivity contribution in [3.8, 4) is 5.75 Å². The molecule has 0 aliphatic carbocycles. The third kappa shape index (κ3) is 5.23. The zero-order valence-electron chi connectivity index (χ0n) is 16.4. The second-order valence-corrected chi connectivity index (χ2v) is 8.25. The number of nitrogens with zero attached hydrogens (tertiary/aromatic N) is 1. The Morgan fingerprint density at radius 3 is 2.34 bits per heavy atom. The van der Waals surface area contributed by atoms with E-state index in [4.69, 9.17) is 14.3 Å². The topological polar surface area (TPSA) is 103 Å². The van der Waals surface area contributed by atoms with E-state index in [1.165, 1.54) is 18.2 Å². The van der Waals surface area contributed by atoms with Crippen molar-refractivity contribution in [2.45, 2.75) is 31.9 Å². The average Bonchev–Trinajstić information content (AvgIpc) is 2.69. The third-order valence-electron chi connectivity index (χ3n) is 4.75. The molecule has 0 saturated carbocycles. The molecule has 3 aromatic rings. The monoisotopic (exact) mass is 416 g/mol. The molecule has 0 radical (unpaired) electrons. The van der Waals surface area contributed by atoms with E-state index in [0.717, 1.165) is 29.6 Å². The Morgan fingerprint density at radius 2 is 1.72 bits per heavy atom. The first-order valence-electron chi connectivity index (χ1n) is 9.34. The van der Waals surface area contributed by atoms with Gasteiger partial charge >= 0.3 is 5.63 Å². The number of benzene rings is 2. The summed E-state index contributed by atoms with van der Waals surface area (Å²) in [6.45, 7) is 6.86. The first-order valence-corrected chi connectivity index (χ1v) is 10.9. The van der Waals surface area contributed by atoms with Gasteiger partial charge in [0.1, 0.15) is 17.9 Å². The summed E-state index contributed by atoms with van der Waals surface area (Å²) in [7, 11) is -3.72. The van der Waals surface area contributed by atoms with Crippen LogP contribution >= 0.6 is 0 Å². The molecule has 3 rings (SSSR count). The number of sulfonamides is 1. The highest BCUT2D eigenvalue weighted by molar-refractivity contribution is 7.89. The zero-order chi connectivity index (χ0) is 21.0. The van der Waals surface area contributed by atoms with Crippen molar-refractivity contribution >= 4 is 21.0 Å². The molecule has 0 spiro atoms. The van der Waals surface area contributed by atoms with Crippen molar-refractivity contribution < 1.29 is 17.6 Å². The molecule has 0 aliphatic heterocycles. The van der Waals surface area contributed by atoms with E-state index in [0.29, 0.717) is 17.9 Å². The van der Waals surface area contributed by atoms with Gasteiger partial charge in [-0.3, -0.25) is 4.90 Å². The maximum Gasteiger partial charge on any atom is 0.336 e. The van der Waals surface area contributed by atoms with E-state index >= 15 is 0 Å². The molecule has 0 atom stereocenters. The molecule has 1 heterocycles. The molecule has 0 unspecified atom stereocenters. The first-order chi connectivity index (χ1) is 13.8. The van der Waals surface area contributed by atoms with Gasteiger partial charge in [-0.1, -0.05) is 26.0 Å². The molecule has 0 amide bonds. The first kappa shape index (κ1) is 21.0. The van der Waals surface area contributed by atoms with Crippen molar-refractivity contribution in [3.05, 3.63) is 70.1 Å². The van der Waals surface area contributed by atoms with Gasteiger partial charge in [0, 0.05) is 24.1 Å². The van der Waals surface area contributed by atoms with Crippen LogP contribution in [0.25, 0.3) is 11.0 Å². The summed E-state index contributed by atoms with van der Waals surface area (Å²) < 4.78 is 33.8. The van der Waals surface area contributed by atoms with Crippen molar-refractivity contribution in [2.24, 2.45) is 5.14 Å². The molecule has 29 heavy (non-hydrogen) atoms. The molecule has 2 N–H and O–H groups in total. The number of hydrogen-bond donors (Lipinski definition) is 1. The van der Waals surface area contributed by atoms with Crippen molar-refractivity contribution in [3.63, 3.8) is 0 Å². The fourth-order valence-electron chi connectivity index (χ4n) is 3.06. The van der Waals surface area contributed by atoms with Gasteiger partial charge in [-0.15, -0.1) is 0 Å². The highest BCUT2D eigenvalue weighted by Crippen LogP contribution is 2.24. The van der Waals surface area contributed by atoms with Crippen LogP contribution in [-0.4, -0.2) is 26.4 Å². The summed E-state index contributed by atoms with van der Waals surface area (Å²) in [4.78, 5) is 14.3. The van der Waals surface area contributed by atoms with Gasteiger partial charge in [0.2, 0.25) is 10.0 Å². The highest BCUT2D eigenvalue weighted by atomic mass is 32.2. The molecule has 1 aromatic heterocycles. The van der Waals surface area contributed by atoms with Crippen LogP contribution in [0.15, 0.2) is 62.6 Å². The number of fused-ring (bicyclic) bond motifs is 1. The highest BCUT2D eigenvalue weighted by Gasteiger charge is 2.11. The molecular formula is C21H24N2O5S. The van der Waals surface area contributed by atoms with Crippen LogP contribution in [0.5, 0.6) is 5.75 Å². The minimum atomic E-state index is -3.72. The van der Waals surface area contributed by atoms with Crippen LogP contribution in [-0.2, 0) is 23.2 Å². The van der Waals surface area contributed by atoms with Crippen molar-refractivity contribution in [1.82, 2.24) is 4.90 Å². The van der Waals surface area contributed by atoms with Crippen LogP contribution in [0.2, 0.25) is 0 Å². The van der Waals surface area contributed by atoms with E-state index in [9.17, 15) is 13.2 Å². The van der Waals surface area contributed by atoms with Gasteiger partial charge in [-0.25, -0.2) is 18.4 Å². The predicted molar refractivity (Wildman–Crippen MR) is 111 cm³/mol. The Hall–Kier alpha value is -2.68. The standard InChI is InChI=1S/C21H24N2O5S/c1-3-23(4-2)13-16-11-21(24)28-20-12-17(7-10-19(16)20)27-14-15-5-8-18(9-6-15)29(22,25)26/h5-12H,3-4,13-14H2,1-2H3,(H2,22,25,26). The number of rotatable bonds is 8. The summed E-state index contributed by atoms with van der Waals surface area (Å²) in [5, 5.41) is 5.98. The molecular weight excluding hydrogens is 392 g/mol. The maximum atomic E-state index is 12.0. The molecule has 7 nitrogen and oxygen atoms in total. The van der Waals surface area contributed by atoms with Crippen molar-refractivity contribution in [2.75, 3.05) is 13.1 Å². The summed E-state index contributed by atoms with van der Waals surface area (Å²) in [5.41, 5.74) is 1.79. The Labute approximate surface area is 169 Å². The molecule has 0 bridgehead atoms. The van der Waals surface area contributed by atoms with Gasteiger partial charge in [-0.2, -0.15) is 0 Å². The van der Waals surface area contributed by atoms with E-state index in [2.05, 4.69) is 18.7 Å². The quantitative estimate of drug-likeness (QED) is 0.567. The number of hydrogen-bond acceptors (Lipinski definition) is 6. The summed E-state index contributed by atoms with van der Waals surface area (Å²) in [6.07, 6.45) is 0. The third-order valence-corrected chi connectivity index (χ3v) is 5.68. The molecule has 154 valence electrons. The zero-order valence-corrected chi connectivity index (χ0v) is 17.2. The van der Waals surface area contributed by atoms with Crippen molar-refractivity contribution in [1.29, 1.82) is 0 Å². The van der Waals surface area contributed by atoms with E-state index in [1.54, 1.807) is 18.2 Å². The molecule has 0 fully saturated rings. The second-order valence-electron chi connectivity index (χ2n) is 6.69. The summed E-state index contributed by atoms with van der Waals surface area (Å²) in [6, 6.07) is 13.1. The van der Waals surface area contributed by atoms with Crippen LogP contribution in [0.1, 0.15) is 25.0 Å². The van der Waals surface area contributed by atoms with E-state index in [-0.39, 0.29) is 11.5 Å². The Balaban J connectivity index is 1.80. The predicted octanol–water partition coefficient (Wildman–Crippen LogP) is 2.86. The van der Waals surface area contributed by atoms with E-state index in [1.807, 2.05) is 12.1 Å². The lowest BCUT2D eigenvalue weighted by molar-refractivity contribution is 0.296. The molecule has 0 aliphatic rings. The Bertz CT molecular complexity index is 1150.